The standard InChI is InChI=1S/C19H21IOSi/c1-2-22(16-10-5-3-6-11-16,17-12-7-4-8-13-17)21-19-15-9-14-18(19)20/h2-8,10-13,18-19H,1,9,14-15H2/t18-,19-/m1/s1. The van der Waals surface area contributed by atoms with Crippen molar-refractivity contribution in [3.05, 3.63) is 72.9 Å². The highest BCUT2D eigenvalue weighted by molar-refractivity contribution is 14.1. The van der Waals surface area contributed by atoms with Gasteiger partial charge in [-0.25, -0.2) is 0 Å². The van der Waals surface area contributed by atoms with Crippen molar-refractivity contribution in [2.45, 2.75) is 29.3 Å². The van der Waals surface area contributed by atoms with E-state index in [1.54, 1.807) is 0 Å². The molecular formula is C19H21IOSi. The van der Waals surface area contributed by atoms with Crippen molar-refractivity contribution in [2.24, 2.45) is 0 Å². The van der Waals surface area contributed by atoms with Gasteiger partial charge in [0.1, 0.15) is 0 Å². The fourth-order valence-corrected chi connectivity index (χ4v) is 7.74. The minimum Gasteiger partial charge on any atom is -0.400 e. The summed E-state index contributed by atoms with van der Waals surface area (Å²) in [6.45, 7) is 4.19. The van der Waals surface area contributed by atoms with Crippen LogP contribution in [0, 0.1) is 0 Å². The Balaban J connectivity index is 2.06. The molecule has 0 amide bonds. The van der Waals surface area contributed by atoms with Gasteiger partial charge in [-0.2, -0.15) is 0 Å². The second kappa shape index (κ2) is 7.11. The lowest BCUT2D eigenvalue weighted by molar-refractivity contribution is 0.220. The molecule has 2 aromatic rings. The van der Waals surface area contributed by atoms with Crippen LogP contribution in [0.1, 0.15) is 19.3 Å². The number of benzene rings is 2. The molecule has 1 aliphatic carbocycles. The molecule has 1 saturated carbocycles. The van der Waals surface area contributed by atoms with Crippen LogP contribution in [0.15, 0.2) is 72.9 Å². The third-order valence-electron chi connectivity index (χ3n) is 4.40. The van der Waals surface area contributed by atoms with Crippen molar-refractivity contribution in [1.29, 1.82) is 0 Å². The maximum Gasteiger partial charge on any atom is 0.280 e. The summed E-state index contributed by atoms with van der Waals surface area (Å²) in [5, 5.41) is 2.57. The zero-order valence-corrected chi connectivity index (χ0v) is 15.8. The highest BCUT2D eigenvalue weighted by atomic mass is 127. The summed E-state index contributed by atoms with van der Waals surface area (Å²) in [4.78, 5) is 0. The van der Waals surface area contributed by atoms with Crippen molar-refractivity contribution in [2.75, 3.05) is 0 Å². The summed E-state index contributed by atoms with van der Waals surface area (Å²) >= 11 is 2.55. The Morgan fingerprint density at radius 3 is 1.91 bits per heavy atom. The summed E-state index contributed by atoms with van der Waals surface area (Å²) in [5.41, 5.74) is 2.10. The van der Waals surface area contributed by atoms with Gasteiger partial charge in [0, 0.05) is 3.92 Å². The monoisotopic (exact) mass is 420 g/mol. The molecule has 0 saturated heterocycles. The zero-order chi connectivity index (χ0) is 15.4. The van der Waals surface area contributed by atoms with Crippen molar-refractivity contribution in [3.63, 3.8) is 0 Å². The van der Waals surface area contributed by atoms with Gasteiger partial charge in [0.2, 0.25) is 0 Å². The average molecular weight is 420 g/mol. The molecule has 0 spiro atoms. The summed E-state index contributed by atoms with van der Waals surface area (Å²) in [5.74, 6) is 0. The Morgan fingerprint density at radius 1 is 0.955 bits per heavy atom. The third-order valence-corrected chi connectivity index (χ3v) is 9.46. The van der Waals surface area contributed by atoms with Crippen LogP contribution in [0.2, 0.25) is 0 Å². The van der Waals surface area contributed by atoms with E-state index in [-0.39, 0.29) is 0 Å². The van der Waals surface area contributed by atoms with Crippen LogP contribution in [0.25, 0.3) is 0 Å². The average Bonchev–Trinajstić information content (AvgIpc) is 2.99. The van der Waals surface area contributed by atoms with Gasteiger partial charge in [-0.1, -0.05) is 89.0 Å². The molecule has 3 rings (SSSR count). The Labute approximate surface area is 147 Å². The van der Waals surface area contributed by atoms with E-state index in [9.17, 15) is 0 Å². The molecule has 0 heterocycles. The smallest absolute Gasteiger partial charge is 0.280 e. The van der Waals surface area contributed by atoms with Crippen molar-refractivity contribution < 1.29 is 4.43 Å². The van der Waals surface area contributed by atoms with Crippen LogP contribution in [-0.4, -0.2) is 18.3 Å². The van der Waals surface area contributed by atoms with E-state index in [4.69, 9.17) is 4.43 Å². The van der Waals surface area contributed by atoms with Crippen molar-refractivity contribution in [3.8, 4) is 0 Å². The molecule has 22 heavy (non-hydrogen) atoms. The molecule has 114 valence electrons. The Bertz CT molecular complexity index is 574. The number of hydrogen-bond acceptors (Lipinski definition) is 1. The first kappa shape index (κ1) is 16.0. The zero-order valence-electron chi connectivity index (χ0n) is 12.6. The van der Waals surface area contributed by atoms with Gasteiger partial charge in [-0.15, -0.1) is 6.58 Å². The van der Waals surface area contributed by atoms with E-state index < -0.39 is 8.32 Å². The fourth-order valence-electron chi connectivity index (χ4n) is 3.21. The topological polar surface area (TPSA) is 9.23 Å². The lowest BCUT2D eigenvalue weighted by Gasteiger charge is -2.33. The summed E-state index contributed by atoms with van der Waals surface area (Å²) < 4.78 is 7.45. The van der Waals surface area contributed by atoms with E-state index in [0.29, 0.717) is 10.0 Å². The van der Waals surface area contributed by atoms with Crippen LogP contribution in [0.5, 0.6) is 0 Å². The van der Waals surface area contributed by atoms with Gasteiger partial charge >= 0.3 is 0 Å². The van der Waals surface area contributed by atoms with Crippen LogP contribution >= 0.6 is 22.6 Å². The predicted octanol–water partition coefficient (Wildman–Crippen LogP) is 3.84. The minimum absolute atomic E-state index is 0.339. The first-order valence-electron chi connectivity index (χ1n) is 7.83. The van der Waals surface area contributed by atoms with Gasteiger partial charge in [-0.05, 0) is 29.6 Å². The lowest BCUT2D eigenvalue weighted by atomic mass is 10.3. The molecule has 2 atom stereocenters. The molecule has 1 fully saturated rings. The first-order chi connectivity index (χ1) is 10.8. The molecule has 1 nitrogen and oxygen atoms in total. The molecule has 0 radical (unpaired) electrons. The van der Waals surface area contributed by atoms with Crippen LogP contribution in [0.4, 0.5) is 0 Å². The van der Waals surface area contributed by atoms with E-state index in [2.05, 4.69) is 95.5 Å². The molecule has 0 aromatic heterocycles. The maximum atomic E-state index is 6.85. The molecule has 0 N–H and O–H groups in total. The third kappa shape index (κ3) is 3.07. The molecular weight excluding hydrogens is 399 g/mol. The normalized spacial score (nSPS) is 21.7. The number of hydrogen-bond donors (Lipinski definition) is 0. The van der Waals surface area contributed by atoms with Crippen LogP contribution in [-0.2, 0) is 4.43 Å². The van der Waals surface area contributed by atoms with Gasteiger partial charge in [0.25, 0.3) is 8.32 Å². The number of halogens is 1. The molecule has 0 bridgehead atoms. The quantitative estimate of drug-likeness (QED) is 0.406. The molecule has 0 aliphatic heterocycles. The van der Waals surface area contributed by atoms with Gasteiger partial charge in [0.05, 0.1) is 6.10 Å². The van der Waals surface area contributed by atoms with Gasteiger partial charge < -0.3 is 4.43 Å². The SMILES string of the molecule is C=C[Si](O[C@@H]1CCC[C@H]1I)(c1ccccc1)c1ccccc1. The lowest BCUT2D eigenvalue weighted by Crippen LogP contribution is -2.61. The summed E-state index contributed by atoms with van der Waals surface area (Å²) in [7, 11) is -2.37. The molecule has 0 unspecified atom stereocenters. The molecule has 2 aromatic carbocycles. The van der Waals surface area contributed by atoms with E-state index in [1.165, 1.54) is 23.2 Å². The second-order valence-corrected chi connectivity index (χ2v) is 10.6. The van der Waals surface area contributed by atoms with E-state index >= 15 is 0 Å². The molecule has 1 aliphatic rings. The van der Waals surface area contributed by atoms with Crippen molar-refractivity contribution >= 4 is 41.3 Å². The van der Waals surface area contributed by atoms with Crippen LogP contribution in [0.3, 0.4) is 0 Å². The van der Waals surface area contributed by atoms with E-state index in [1.807, 2.05) is 0 Å². The fraction of sp³-hybridized carbons (Fsp3) is 0.263. The van der Waals surface area contributed by atoms with Crippen molar-refractivity contribution in [1.82, 2.24) is 0 Å². The Hall–Kier alpha value is -0.913. The van der Waals surface area contributed by atoms with Gasteiger partial charge in [-0.3, -0.25) is 0 Å². The second-order valence-electron chi connectivity index (χ2n) is 5.78. The maximum absolute atomic E-state index is 6.85. The summed E-state index contributed by atoms with van der Waals surface area (Å²) in [6.07, 6.45) is 4.03. The first-order valence-corrected chi connectivity index (χ1v) is 11.1. The van der Waals surface area contributed by atoms with E-state index in [0.717, 1.165) is 6.42 Å². The van der Waals surface area contributed by atoms with Crippen LogP contribution < -0.4 is 10.4 Å². The Morgan fingerprint density at radius 2 is 1.50 bits per heavy atom. The predicted molar refractivity (Wildman–Crippen MR) is 105 cm³/mol. The highest BCUT2D eigenvalue weighted by Crippen LogP contribution is 2.31. The largest absolute Gasteiger partial charge is 0.400 e. The van der Waals surface area contributed by atoms with Gasteiger partial charge in [0.15, 0.2) is 0 Å². The number of alkyl halides is 1. The minimum atomic E-state index is -2.37. The number of rotatable bonds is 5. The Kier molecular flexibility index (Phi) is 5.16. The highest BCUT2D eigenvalue weighted by Gasteiger charge is 2.41. The molecule has 3 heteroatoms. The summed E-state index contributed by atoms with van der Waals surface area (Å²) in [6, 6.07) is 21.3.